The average molecular weight is 426 g/mol. The van der Waals surface area contributed by atoms with Gasteiger partial charge in [-0.05, 0) is 63.8 Å². The zero-order valence-electron chi connectivity index (χ0n) is 15.5. The zero-order valence-corrected chi connectivity index (χ0v) is 17.0. The second-order valence-corrected chi connectivity index (χ2v) is 7.13. The van der Waals surface area contributed by atoms with Crippen LogP contribution >= 0.6 is 15.9 Å². The van der Waals surface area contributed by atoms with Crippen LogP contribution in [-0.4, -0.2) is 13.7 Å². The van der Waals surface area contributed by atoms with Gasteiger partial charge in [-0.15, -0.1) is 0 Å². The number of hydrogen-bond acceptors (Lipinski definition) is 3. The third kappa shape index (κ3) is 5.84. The smallest absolute Gasteiger partial charge is 0.134 e. The third-order valence-electron chi connectivity index (χ3n) is 4.33. The molecule has 0 bridgehead atoms. The van der Waals surface area contributed by atoms with Gasteiger partial charge in [0.15, 0.2) is 0 Å². The van der Waals surface area contributed by atoms with Crippen LogP contribution in [0.15, 0.2) is 77.3 Å². The molecule has 0 radical (unpaired) electrons. The van der Waals surface area contributed by atoms with E-state index < -0.39 is 0 Å². The largest absolute Gasteiger partial charge is 0.496 e. The van der Waals surface area contributed by atoms with E-state index in [2.05, 4.69) is 51.6 Å². The number of benzene rings is 3. The lowest BCUT2D eigenvalue weighted by Crippen LogP contribution is -2.17. The predicted octanol–water partition coefficient (Wildman–Crippen LogP) is 5.37. The molecule has 0 fully saturated rings. The first kappa shape index (κ1) is 19.5. The molecule has 0 aromatic heterocycles. The summed E-state index contributed by atoms with van der Waals surface area (Å²) in [6, 6.07) is 24.5. The Bertz CT molecular complexity index is 852. The number of ether oxygens (including phenoxy) is 2. The normalized spacial score (nSPS) is 10.6. The van der Waals surface area contributed by atoms with Gasteiger partial charge in [-0.25, -0.2) is 0 Å². The average Bonchev–Trinajstić information content (AvgIpc) is 2.71. The third-order valence-corrected chi connectivity index (χ3v) is 4.95. The molecule has 0 atom stereocenters. The topological polar surface area (TPSA) is 30.5 Å². The maximum atomic E-state index is 5.91. The lowest BCUT2D eigenvalue weighted by atomic mass is 10.1. The van der Waals surface area contributed by atoms with Gasteiger partial charge >= 0.3 is 0 Å². The molecular weight excluding hydrogens is 402 g/mol. The van der Waals surface area contributed by atoms with E-state index in [-0.39, 0.29) is 0 Å². The summed E-state index contributed by atoms with van der Waals surface area (Å²) in [5.41, 5.74) is 3.60. The quantitative estimate of drug-likeness (QED) is 0.467. The second-order valence-electron chi connectivity index (χ2n) is 6.28. The Labute approximate surface area is 169 Å². The Morgan fingerprint density at radius 2 is 1.63 bits per heavy atom. The van der Waals surface area contributed by atoms with E-state index in [1.54, 1.807) is 7.11 Å². The number of halogens is 1. The van der Waals surface area contributed by atoms with Gasteiger partial charge in [-0.2, -0.15) is 0 Å². The van der Waals surface area contributed by atoms with Gasteiger partial charge in [0.2, 0.25) is 0 Å². The molecule has 1 N–H and O–H groups in total. The SMILES string of the molecule is COc1ccccc1CCNCc1ccc(OCc2ccccc2)c(Br)c1. The predicted molar refractivity (Wildman–Crippen MR) is 113 cm³/mol. The number of methoxy groups -OCH3 is 1. The fourth-order valence-electron chi connectivity index (χ4n) is 2.87. The summed E-state index contributed by atoms with van der Waals surface area (Å²) < 4.78 is 12.3. The Morgan fingerprint density at radius 1 is 0.852 bits per heavy atom. The monoisotopic (exact) mass is 425 g/mol. The molecule has 3 aromatic rings. The van der Waals surface area contributed by atoms with Crippen LogP contribution in [0.4, 0.5) is 0 Å². The maximum Gasteiger partial charge on any atom is 0.134 e. The van der Waals surface area contributed by atoms with Crippen molar-refractivity contribution in [3.05, 3.63) is 94.0 Å². The number of rotatable bonds is 9. The lowest BCUT2D eigenvalue weighted by molar-refractivity contribution is 0.304. The van der Waals surface area contributed by atoms with Crippen molar-refractivity contribution in [1.82, 2.24) is 5.32 Å². The van der Waals surface area contributed by atoms with Crippen molar-refractivity contribution in [2.24, 2.45) is 0 Å². The number of para-hydroxylation sites is 1. The van der Waals surface area contributed by atoms with Crippen LogP contribution in [-0.2, 0) is 19.6 Å². The molecule has 0 aliphatic rings. The van der Waals surface area contributed by atoms with E-state index in [1.807, 2.05) is 42.5 Å². The summed E-state index contributed by atoms with van der Waals surface area (Å²) in [6.07, 6.45) is 0.934. The first-order chi connectivity index (χ1) is 13.3. The van der Waals surface area contributed by atoms with E-state index in [4.69, 9.17) is 9.47 Å². The molecule has 3 rings (SSSR count). The maximum absolute atomic E-state index is 5.91. The van der Waals surface area contributed by atoms with Gasteiger partial charge in [0.1, 0.15) is 18.1 Å². The van der Waals surface area contributed by atoms with Crippen molar-refractivity contribution >= 4 is 15.9 Å². The van der Waals surface area contributed by atoms with Gasteiger partial charge in [0.05, 0.1) is 11.6 Å². The minimum absolute atomic E-state index is 0.565. The van der Waals surface area contributed by atoms with Crippen molar-refractivity contribution < 1.29 is 9.47 Å². The highest BCUT2D eigenvalue weighted by molar-refractivity contribution is 9.10. The van der Waals surface area contributed by atoms with Gasteiger partial charge in [0.25, 0.3) is 0 Å². The Morgan fingerprint density at radius 3 is 2.41 bits per heavy atom. The summed E-state index contributed by atoms with van der Waals surface area (Å²) in [5.74, 6) is 1.80. The molecule has 0 saturated heterocycles. The summed E-state index contributed by atoms with van der Waals surface area (Å²) in [6.45, 7) is 2.27. The highest BCUT2D eigenvalue weighted by Gasteiger charge is 2.05. The molecule has 4 heteroatoms. The van der Waals surface area contributed by atoms with Gasteiger partial charge in [-0.3, -0.25) is 0 Å². The highest BCUT2D eigenvalue weighted by Crippen LogP contribution is 2.27. The van der Waals surface area contributed by atoms with Crippen molar-refractivity contribution in [3.63, 3.8) is 0 Å². The Hall–Kier alpha value is -2.30. The Kier molecular flexibility index (Phi) is 7.31. The molecule has 3 nitrogen and oxygen atoms in total. The first-order valence-corrected chi connectivity index (χ1v) is 9.83. The van der Waals surface area contributed by atoms with Gasteiger partial charge in [-0.1, -0.05) is 54.6 Å². The zero-order chi connectivity index (χ0) is 18.9. The van der Waals surface area contributed by atoms with Crippen LogP contribution in [0.3, 0.4) is 0 Å². The number of nitrogens with one attached hydrogen (secondary N) is 1. The van der Waals surface area contributed by atoms with Crippen LogP contribution in [0.1, 0.15) is 16.7 Å². The highest BCUT2D eigenvalue weighted by atomic mass is 79.9. The standard InChI is InChI=1S/C23H24BrNO2/c1-26-22-10-6-5-9-20(22)13-14-25-16-19-11-12-23(21(24)15-19)27-17-18-7-3-2-4-8-18/h2-12,15,25H,13-14,16-17H2,1H3. The summed E-state index contributed by atoms with van der Waals surface area (Å²) >= 11 is 3.62. The fraction of sp³-hybridized carbons (Fsp3) is 0.217. The molecule has 0 aliphatic heterocycles. The van der Waals surface area contributed by atoms with Crippen LogP contribution in [0.2, 0.25) is 0 Å². The van der Waals surface area contributed by atoms with Gasteiger partial charge in [0, 0.05) is 6.54 Å². The molecule has 0 spiro atoms. The first-order valence-electron chi connectivity index (χ1n) is 9.04. The molecule has 3 aromatic carbocycles. The van der Waals surface area contributed by atoms with E-state index in [1.165, 1.54) is 11.1 Å². The lowest BCUT2D eigenvalue weighted by Gasteiger charge is -2.11. The fourth-order valence-corrected chi connectivity index (χ4v) is 3.41. The molecule has 27 heavy (non-hydrogen) atoms. The van der Waals surface area contributed by atoms with Crippen LogP contribution in [0.25, 0.3) is 0 Å². The van der Waals surface area contributed by atoms with E-state index in [0.717, 1.165) is 41.0 Å². The molecule has 0 unspecified atom stereocenters. The van der Waals surface area contributed by atoms with Crippen LogP contribution in [0.5, 0.6) is 11.5 Å². The minimum atomic E-state index is 0.565. The van der Waals surface area contributed by atoms with E-state index >= 15 is 0 Å². The molecule has 0 aliphatic carbocycles. The molecule has 0 heterocycles. The van der Waals surface area contributed by atoms with Crippen molar-refractivity contribution in [2.75, 3.05) is 13.7 Å². The van der Waals surface area contributed by atoms with Crippen LogP contribution in [0, 0.1) is 0 Å². The molecule has 0 saturated carbocycles. The van der Waals surface area contributed by atoms with E-state index in [0.29, 0.717) is 6.61 Å². The molecular formula is C23H24BrNO2. The van der Waals surface area contributed by atoms with Crippen molar-refractivity contribution in [1.29, 1.82) is 0 Å². The number of hydrogen-bond donors (Lipinski definition) is 1. The molecule has 140 valence electrons. The summed E-state index contributed by atoms with van der Waals surface area (Å²) in [5, 5.41) is 3.49. The summed E-state index contributed by atoms with van der Waals surface area (Å²) in [4.78, 5) is 0. The van der Waals surface area contributed by atoms with Crippen LogP contribution < -0.4 is 14.8 Å². The van der Waals surface area contributed by atoms with Crippen molar-refractivity contribution in [3.8, 4) is 11.5 Å². The minimum Gasteiger partial charge on any atom is -0.496 e. The summed E-state index contributed by atoms with van der Waals surface area (Å²) in [7, 11) is 1.71. The van der Waals surface area contributed by atoms with Gasteiger partial charge < -0.3 is 14.8 Å². The second kappa shape index (κ2) is 10.1. The van der Waals surface area contributed by atoms with Crippen molar-refractivity contribution in [2.45, 2.75) is 19.6 Å². The Balaban J connectivity index is 1.47. The van der Waals surface area contributed by atoms with E-state index in [9.17, 15) is 0 Å². The molecule has 0 amide bonds.